The van der Waals surface area contributed by atoms with Crippen molar-refractivity contribution in [3.63, 3.8) is 0 Å². The van der Waals surface area contributed by atoms with Crippen LogP contribution in [-0.2, 0) is 4.74 Å². The van der Waals surface area contributed by atoms with Gasteiger partial charge in [-0.1, -0.05) is 12.1 Å². The summed E-state index contributed by atoms with van der Waals surface area (Å²) < 4.78 is 96.2. The minimum atomic E-state index is -1.58. The number of carbonyl (C=O) groups excluding carboxylic acids is 1. The van der Waals surface area contributed by atoms with Crippen LogP contribution in [0.1, 0.15) is 48.0 Å². The highest BCUT2D eigenvalue weighted by atomic mass is 19.2. The first-order chi connectivity index (χ1) is 17.6. The van der Waals surface area contributed by atoms with E-state index < -0.39 is 69.2 Å². The molecule has 0 saturated heterocycles. The molecule has 1 aliphatic rings. The summed E-state index contributed by atoms with van der Waals surface area (Å²) >= 11 is 0. The first-order valence-corrected chi connectivity index (χ1v) is 11.3. The lowest BCUT2D eigenvalue weighted by atomic mass is 9.85. The monoisotopic (exact) mass is 522 g/mol. The molecule has 1 unspecified atom stereocenters. The van der Waals surface area contributed by atoms with Crippen molar-refractivity contribution in [2.45, 2.75) is 32.1 Å². The molecule has 4 nitrogen and oxygen atoms in total. The number of esters is 1. The molecule has 0 saturated carbocycles. The number of halogens is 6. The number of carbonyl (C=O) groups is 1. The predicted molar refractivity (Wildman–Crippen MR) is 121 cm³/mol. The minimum Gasteiger partial charge on any atom is -0.505 e. The SMILES string of the molecule is CCOc1ccc(-c2ccc(C3CC=C(OC(=O)c4ccc(O)c(F)c4F)CC3)c(F)c2F)c(F)c1F. The van der Waals surface area contributed by atoms with Crippen LogP contribution in [0.25, 0.3) is 11.1 Å². The smallest absolute Gasteiger partial charge is 0.346 e. The summed E-state index contributed by atoms with van der Waals surface area (Å²) in [6.07, 6.45) is 1.93. The molecule has 10 heteroatoms. The molecule has 0 spiro atoms. The fourth-order valence-corrected chi connectivity index (χ4v) is 4.15. The van der Waals surface area contributed by atoms with E-state index in [1.54, 1.807) is 6.92 Å². The van der Waals surface area contributed by atoms with Crippen LogP contribution in [0, 0.1) is 34.9 Å². The van der Waals surface area contributed by atoms with Gasteiger partial charge >= 0.3 is 5.97 Å². The zero-order chi connectivity index (χ0) is 26.9. The summed E-state index contributed by atoms with van der Waals surface area (Å²) in [6.45, 7) is 1.68. The number of rotatable bonds is 6. The molecule has 1 atom stereocenters. The lowest BCUT2D eigenvalue weighted by Gasteiger charge is -2.23. The molecule has 4 rings (SSSR count). The summed E-state index contributed by atoms with van der Waals surface area (Å²) in [7, 11) is 0. The molecule has 3 aromatic rings. The van der Waals surface area contributed by atoms with Crippen molar-refractivity contribution < 1.29 is 45.7 Å². The summed E-state index contributed by atoms with van der Waals surface area (Å²) in [5.41, 5.74) is -1.62. The summed E-state index contributed by atoms with van der Waals surface area (Å²) in [4.78, 5) is 12.2. The van der Waals surface area contributed by atoms with Gasteiger partial charge in [-0.2, -0.15) is 8.78 Å². The van der Waals surface area contributed by atoms with Crippen LogP contribution in [0.4, 0.5) is 26.3 Å². The highest BCUT2D eigenvalue weighted by Crippen LogP contribution is 2.38. The zero-order valence-corrected chi connectivity index (χ0v) is 19.4. The molecule has 0 fully saturated rings. The van der Waals surface area contributed by atoms with Crippen LogP contribution in [0.15, 0.2) is 48.2 Å². The van der Waals surface area contributed by atoms with Crippen LogP contribution in [-0.4, -0.2) is 17.7 Å². The van der Waals surface area contributed by atoms with Crippen LogP contribution in [0.2, 0.25) is 0 Å². The van der Waals surface area contributed by atoms with Gasteiger partial charge in [0.15, 0.2) is 34.8 Å². The lowest BCUT2D eigenvalue weighted by Crippen LogP contribution is -2.13. The van der Waals surface area contributed by atoms with Gasteiger partial charge in [0.1, 0.15) is 5.76 Å². The first kappa shape index (κ1) is 26.1. The van der Waals surface area contributed by atoms with E-state index in [0.29, 0.717) is 0 Å². The van der Waals surface area contributed by atoms with Gasteiger partial charge in [0, 0.05) is 17.5 Å². The summed E-state index contributed by atoms with van der Waals surface area (Å²) in [5, 5.41) is 9.17. The average Bonchev–Trinajstić information content (AvgIpc) is 2.88. The largest absolute Gasteiger partial charge is 0.505 e. The molecule has 3 aromatic carbocycles. The van der Waals surface area contributed by atoms with E-state index in [2.05, 4.69) is 0 Å². The van der Waals surface area contributed by atoms with E-state index in [0.717, 1.165) is 30.3 Å². The summed E-state index contributed by atoms with van der Waals surface area (Å²) in [6, 6.07) is 6.37. The standard InChI is InChI=1S/C27H20F6O4/c1-2-36-20-12-10-17(23(30)26(20)33)16-8-7-15(21(28)22(16)29)13-3-5-14(6-4-13)37-27(35)18-9-11-19(34)25(32)24(18)31/h5,7-13,34H,2-4,6H2,1H3. The molecule has 0 heterocycles. The second-order valence-corrected chi connectivity index (χ2v) is 8.29. The molecule has 0 amide bonds. The first-order valence-electron chi connectivity index (χ1n) is 11.3. The number of phenols is 1. The van der Waals surface area contributed by atoms with Crippen LogP contribution >= 0.6 is 0 Å². The van der Waals surface area contributed by atoms with Crippen molar-refractivity contribution >= 4 is 5.97 Å². The highest BCUT2D eigenvalue weighted by molar-refractivity contribution is 5.90. The molecule has 1 N–H and O–H groups in total. The maximum absolute atomic E-state index is 15.0. The Kier molecular flexibility index (Phi) is 7.47. The number of hydrogen-bond donors (Lipinski definition) is 1. The second kappa shape index (κ2) is 10.6. The number of phenolic OH excluding ortho intramolecular Hbond substituents is 1. The van der Waals surface area contributed by atoms with Crippen molar-refractivity contribution in [1.82, 2.24) is 0 Å². The van der Waals surface area contributed by atoms with Crippen molar-refractivity contribution in [3.05, 3.63) is 94.3 Å². The van der Waals surface area contributed by atoms with Gasteiger partial charge in [-0.05, 0) is 61.6 Å². The third-order valence-electron chi connectivity index (χ3n) is 6.06. The van der Waals surface area contributed by atoms with Gasteiger partial charge in [-0.15, -0.1) is 0 Å². The number of allylic oxidation sites excluding steroid dienone is 2. The maximum Gasteiger partial charge on any atom is 0.346 e. The zero-order valence-electron chi connectivity index (χ0n) is 19.4. The van der Waals surface area contributed by atoms with Gasteiger partial charge in [0.05, 0.1) is 12.2 Å². The van der Waals surface area contributed by atoms with Crippen LogP contribution in [0.5, 0.6) is 11.5 Å². The minimum absolute atomic E-state index is 0.00124. The van der Waals surface area contributed by atoms with E-state index >= 15 is 0 Å². The Bertz CT molecular complexity index is 1400. The molecular formula is C27H20F6O4. The maximum atomic E-state index is 15.0. The Morgan fingerprint density at radius 3 is 2.19 bits per heavy atom. The Morgan fingerprint density at radius 2 is 1.54 bits per heavy atom. The third-order valence-corrected chi connectivity index (χ3v) is 6.06. The van der Waals surface area contributed by atoms with E-state index in [4.69, 9.17) is 14.6 Å². The number of benzene rings is 3. The van der Waals surface area contributed by atoms with E-state index in [1.165, 1.54) is 12.1 Å². The topological polar surface area (TPSA) is 55.8 Å². The van der Waals surface area contributed by atoms with Crippen molar-refractivity contribution in [1.29, 1.82) is 0 Å². The van der Waals surface area contributed by atoms with Crippen LogP contribution < -0.4 is 4.74 Å². The fraction of sp³-hybridized carbons (Fsp3) is 0.222. The highest BCUT2D eigenvalue weighted by Gasteiger charge is 2.27. The van der Waals surface area contributed by atoms with E-state index in [-0.39, 0.29) is 42.9 Å². The molecular weight excluding hydrogens is 502 g/mol. The fourth-order valence-electron chi connectivity index (χ4n) is 4.15. The summed E-state index contributed by atoms with van der Waals surface area (Å²) in [5.74, 6) is -11.2. The third kappa shape index (κ3) is 5.00. The lowest BCUT2D eigenvalue weighted by molar-refractivity contribution is 0.0600. The van der Waals surface area contributed by atoms with Crippen molar-refractivity contribution in [2.24, 2.45) is 0 Å². The van der Waals surface area contributed by atoms with Crippen molar-refractivity contribution in [2.75, 3.05) is 6.61 Å². The number of ether oxygens (including phenoxy) is 2. The molecule has 0 aliphatic heterocycles. The Labute approximate surface area is 207 Å². The molecule has 0 aromatic heterocycles. The predicted octanol–water partition coefficient (Wildman–Crippen LogP) is 7.30. The molecule has 194 valence electrons. The van der Waals surface area contributed by atoms with Crippen molar-refractivity contribution in [3.8, 4) is 22.6 Å². The van der Waals surface area contributed by atoms with Gasteiger partial charge in [0.2, 0.25) is 11.6 Å². The Hall–Kier alpha value is -3.95. The van der Waals surface area contributed by atoms with Gasteiger partial charge in [-0.3, -0.25) is 0 Å². The second-order valence-electron chi connectivity index (χ2n) is 8.29. The Morgan fingerprint density at radius 1 is 0.865 bits per heavy atom. The van der Waals surface area contributed by atoms with E-state index in [1.807, 2.05) is 0 Å². The van der Waals surface area contributed by atoms with Gasteiger partial charge in [0.25, 0.3) is 0 Å². The van der Waals surface area contributed by atoms with Crippen LogP contribution in [0.3, 0.4) is 0 Å². The molecule has 0 bridgehead atoms. The Balaban J connectivity index is 1.52. The number of hydrogen-bond acceptors (Lipinski definition) is 4. The van der Waals surface area contributed by atoms with Gasteiger partial charge in [-0.25, -0.2) is 22.4 Å². The van der Waals surface area contributed by atoms with E-state index in [9.17, 15) is 31.1 Å². The normalized spacial score (nSPS) is 15.3. The molecule has 37 heavy (non-hydrogen) atoms. The average molecular weight is 522 g/mol. The number of aromatic hydroxyl groups is 1. The molecule has 0 radical (unpaired) electrons. The molecule has 1 aliphatic carbocycles. The quantitative estimate of drug-likeness (QED) is 0.273. The van der Waals surface area contributed by atoms with Gasteiger partial charge < -0.3 is 14.6 Å².